The first-order valence-electron chi connectivity index (χ1n) is 8.36. The maximum Gasteiger partial charge on any atom is 0.283 e. The molecule has 0 atom stereocenters. The van der Waals surface area contributed by atoms with Crippen molar-refractivity contribution in [3.63, 3.8) is 0 Å². The Labute approximate surface area is 149 Å². The number of alkyl halides is 2. The summed E-state index contributed by atoms with van der Waals surface area (Å²) in [7, 11) is 1.20. The van der Waals surface area contributed by atoms with Crippen LogP contribution in [0.15, 0.2) is 30.8 Å². The summed E-state index contributed by atoms with van der Waals surface area (Å²) in [5.41, 5.74) is 1.16. The van der Waals surface area contributed by atoms with Gasteiger partial charge in [-0.2, -0.15) is 9.49 Å². The van der Waals surface area contributed by atoms with E-state index in [0.29, 0.717) is 10.3 Å². The monoisotopic (exact) mass is 363 g/mol. The molecule has 0 spiro atoms. The molecule has 1 heterocycles. The van der Waals surface area contributed by atoms with Crippen LogP contribution in [-0.2, 0) is 7.05 Å². The number of nitrogens with zero attached hydrogens (tertiary/aromatic N) is 3. The van der Waals surface area contributed by atoms with Crippen molar-refractivity contribution in [2.45, 2.75) is 32.2 Å². The SMILES string of the molecule is C=C(CN(C(=O)c1c(C(F)F)nn(C)c1F)C1CC1)c1ccc(C)cc1. The quantitative estimate of drug-likeness (QED) is 0.774. The first-order valence-corrected chi connectivity index (χ1v) is 8.36. The second-order valence-corrected chi connectivity index (χ2v) is 6.61. The van der Waals surface area contributed by atoms with Crippen LogP contribution >= 0.6 is 0 Å². The van der Waals surface area contributed by atoms with Gasteiger partial charge in [0.05, 0.1) is 0 Å². The lowest BCUT2D eigenvalue weighted by Gasteiger charge is -2.24. The summed E-state index contributed by atoms with van der Waals surface area (Å²) < 4.78 is 41.3. The minimum Gasteiger partial charge on any atom is -0.331 e. The molecule has 0 unspecified atom stereocenters. The zero-order valence-electron chi connectivity index (χ0n) is 14.7. The van der Waals surface area contributed by atoms with E-state index < -0.39 is 29.5 Å². The van der Waals surface area contributed by atoms with Gasteiger partial charge in [0.15, 0.2) is 0 Å². The van der Waals surface area contributed by atoms with Crippen LogP contribution in [0.3, 0.4) is 0 Å². The number of carbonyl (C=O) groups excluding carboxylic acids is 1. The topological polar surface area (TPSA) is 38.1 Å². The Bertz CT molecular complexity index is 838. The zero-order chi connectivity index (χ0) is 19.0. The van der Waals surface area contributed by atoms with Gasteiger partial charge in [-0.15, -0.1) is 0 Å². The standard InChI is InChI=1S/C19H20F3N3O/c1-11-4-6-13(7-5-11)12(2)10-25(14-8-9-14)19(26)15-16(17(20)21)23-24(3)18(15)22/h4-7,14,17H,2,8-10H2,1,3H3. The van der Waals surface area contributed by atoms with Gasteiger partial charge in [-0.1, -0.05) is 36.4 Å². The summed E-state index contributed by atoms with van der Waals surface area (Å²) >= 11 is 0. The van der Waals surface area contributed by atoms with Crippen molar-refractivity contribution in [1.29, 1.82) is 0 Å². The zero-order valence-corrected chi connectivity index (χ0v) is 14.7. The molecule has 3 rings (SSSR count). The largest absolute Gasteiger partial charge is 0.331 e. The van der Waals surface area contributed by atoms with Crippen molar-refractivity contribution in [3.05, 3.63) is 59.2 Å². The Morgan fingerprint density at radius 1 is 1.35 bits per heavy atom. The predicted molar refractivity (Wildman–Crippen MR) is 92.4 cm³/mol. The van der Waals surface area contributed by atoms with Gasteiger partial charge < -0.3 is 4.90 Å². The van der Waals surface area contributed by atoms with E-state index in [0.717, 1.165) is 24.0 Å². The molecule has 0 saturated heterocycles. The van der Waals surface area contributed by atoms with Crippen LogP contribution in [-0.4, -0.2) is 33.2 Å². The summed E-state index contributed by atoms with van der Waals surface area (Å²) in [4.78, 5) is 14.3. The molecule has 1 fully saturated rings. The molecule has 1 aliphatic carbocycles. The van der Waals surface area contributed by atoms with Crippen LogP contribution in [0.2, 0.25) is 0 Å². The highest BCUT2D eigenvalue weighted by atomic mass is 19.3. The molecule has 26 heavy (non-hydrogen) atoms. The molecule has 1 aliphatic rings. The summed E-state index contributed by atoms with van der Waals surface area (Å²) in [6.07, 6.45) is -1.50. The average Bonchev–Trinajstić information content (AvgIpc) is 3.39. The Hall–Kier alpha value is -2.57. The second-order valence-electron chi connectivity index (χ2n) is 6.61. The van der Waals surface area contributed by atoms with Crippen molar-refractivity contribution >= 4 is 11.5 Å². The fourth-order valence-corrected chi connectivity index (χ4v) is 2.86. The number of carbonyl (C=O) groups is 1. The molecule has 0 bridgehead atoms. The Morgan fingerprint density at radius 3 is 2.50 bits per heavy atom. The summed E-state index contributed by atoms with van der Waals surface area (Å²) in [5.74, 6) is -1.81. The highest BCUT2D eigenvalue weighted by Crippen LogP contribution is 2.33. The van der Waals surface area contributed by atoms with Gasteiger partial charge in [0.2, 0.25) is 5.95 Å². The Kier molecular flexibility index (Phi) is 4.89. The number of halogens is 3. The van der Waals surface area contributed by atoms with Crippen molar-refractivity contribution in [3.8, 4) is 0 Å². The number of aromatic nitrogens is 2. The van der Waals surface area contributed by atoms with E-state index in [4.69, 9.17) is 0 Å². The van der Waals surface area contributed by atoms with E-state index in [1.165, 1.54) is 11.9 Å². The second kappa shape index (κ2) is 6.97. The summed E-state index contributed by atoms with van der Waals surface area (Å²) in [5, 5.41) is 3.46. The predicted octanol–water partition coefficient (Wildman–Crippen LogP) is 4.12. The average molecular weight is 363 g/mol. The molecule has 0 aliphatic heterocycles. The van der Waals surface area contributed by atoms with E-state index in [1.54, 1.807) is 0 Å². The first-order chi connectivity index (χ1) is 12.3. The van der Waals surface area contributed by atoms with Gasteiger partial charge in [-0.3, -0.25) is 4.79 Å². The van der Waals surface area contributed by atoms with Crippen LogP contribution in [0.5, 0.6) is 0 Å². The smallest absolute Gasteiger partial charge is 0.283 e. The van der Waals surface area contributed by atoms with E-state index in [9.17, 15) is 18.0 Å². The number of hydrogen-bond donors (Lipinski definition) is 0. The fraction of sp³-hybridized carbons (Fsp3) is 0.368. The molecule has 138 valence electrons. The van der Waals surface area contributed by atoms with E-state index in [1.807, 2.05) is 31.2 Å². The van der Waals surface area contributed by atoms with Crippen LogP contribution in [0.1, 0.15) is 46.4 Å². The third kappa shape index (κ3) is 3.52. The minimum atomic E-state index is -3.02. The number of amides is 1. The fourth-order valence-electron chi connectivity index (χ4n) is 2.86. The molecule has 0 radical (unpaired) electrons. The van der Waals surface area contributed by atoms with Gasteiger partial charge in [-0.05, 0) is 30.9 Å². The van der Waals surface area contributed by atoms with Crippen LogP contribution < -0.4 is 0 Å². The molecular formula is C19H20F3N3O. The van der Waals surface area contributed by atoms with E-state index in [-0.39, 0.29) is 12.6 Å². The summed E-state index contributed by atoms with van der Waals surface area (Å²) in [6.45, 7) is 6.13. The van der Waals surface area contributed by atoms with Crippen LogP contribution in [0.4, 0.5) is 13.2 Å². The highest BCUT2D eigenvalue weighted by molar-refractivity contribution is 5.96. The summed E-state index contributed by atoms with van der Waals surface area (Å²) in [6, 6.07) is 7.55. The molecule has 1 aromatic heterocycles. The number of rotatable bonds is 6. The van der Waals surface area contributed by atoms with Gasteiger partial charge in [0, 0.05) is 19.6 Å². The molecule has 1 amide bonds. The van der Waals surface area contributed by atoms with Gasteiger partial charge in [-0.25, -0.2) is 13.5 Å². The maximum atomic E-state index is 14.3. The third-order valence-corrected chi connectivity index (χ3v) is 4.49. The van der Waals surface area contributed by atoms with Crippen molar-refractivity contribution in [2.75, 3.05) is 6.54 Å². The van der Waals surface area contributed by atoms with Crippen molar-refractivity contribution in [2.24, 2.45) is 7.05 Å². The number of aryl methyl sites for hydroxylation is 2. The van der Waals surface area contributed by atoms with Crippen LogP contribution in [0, 0.1) is 12.9 Å². The molecular weight excluding hydrogens is 343 g/mol. The lowest BCUT2D eigenvalue weighted by atomic mass is 10.0. The van der Waals surface area contributed by atoms with Crippen LogP contribution in [0.25, 0.3) is 5.57 Å². The first kappa shape index (κ1) is 18.2. The normalized spacial score (nSPS) is 13.9. The lowest BCUT2D eigenvalue weighted by molar-refractivity contribution is 0.0747. The Morgan fingerprint density at radius 2 is 1.96 bits per heavy atom. The van der Waals surface area contributed by atoms with E-state index in [2.05, 4.69) is 11.7 Å². The molecule has 7 heteroatoms. The third-order valence-electron chi connectivity index (χ3n) is 4.49. The molecule has 2 aromatic rings. The highest BCUT2D eigenvalue weighted by Gasteiger charge is 2.38. The molecule has 4 nitrogen and oxygen atoms in total. The Balaban J connectivity index is 1.88. The minimum absolute atomic E-state index is 0.0881. The molecule has 1 aromatic carbocycles. The maximum absolute atomic E-state index is 14.3. The van der Waals surface area contributed by atoms with Gasteiger partial charge >= 0.3 is 0 Å². The van der Waals surface area contributed by atoms with Crippen molar-refractivity contribution in [1.82, 2.24) is 14.7 Å². The number of benzene rings is 1. The van der Waals surface area contributed by atoms with Gasteiger partial charge in [0.25, 0.3) is 12.3 Å². The van der Waals surface area contributed by atoms with Gasteiger partial charge in [0.1, 0.15) is 11.3 Å². The molecule has 0 N–H and O–H groups in total. The van der Waals surface area contributed by atoms with E-state index >= 15 is 0 Å². The number of hydrogen-bond acceptors (Lipinski definition) is 2. The van der Waals surface area contributed by atoms with Crippen molar-refractivity contribution < 1.29 is 18.0 Å². The lowest BCUT2D eigenvalue weighted by Crippen LogP contribution is -2.35. The molecule has 1 saturated carbocycles.